The summed E-state index contributed by atoms with van der Waals surface area (Å²) in [4.78, 5) is 31.6. The van der Waals surface area contributed by atoms with E-state index in [4.69, 9.17) is 12.2 Å². The molecule has 2 aromatic carbocycles. The molecule has 1 N–H and O–H groups in total. The van der Waals surface area contributed by atoms with Crippen molar-refractivity contribution in [2.45, 2.75) is 26.2 Å². The van der Waals surface area contributed by atoms with E-state index in [1.807, 2.05) is 42.5 Å². The number of hydrogen-bond acceptors (Lipinski definition) is 6. The first kappa shape index (κ1) is 21.7. The second-order valence-corrected chi connectivity index (χ2v) is 9.77. The van der Waals surface area contributed by atoms with Gasteiger partial charge in [-0.3, -0.25) is 14.5 Å². The van der Waals surface area contributed by atoms with Crippen LogP contribution in [-0.4, -0.2) is 32.6 Å². The number of amides is 2. The Morgan fingerprint density at radius 2 is 1.97 bits per heavy atom. The Labute approximate surface area is 194 Å². The highest BCUT2D eigenvalue weighted by Crippen LogP contribution is 2.33. The van der Waals surface area contributed by atoms with E-state index in [1.165, 1.54) is 28.7 Å². The molecule has 1 fully saturated rings. The van der Waals surface area contributed by atoms with E-state index in [0.717, 1.165) is 22.2 Å². The number of nitrogens with zero attached hydrogens (tertiary/aromatic N) is 2. The monoisotopic (exact) mass is 467 g/mol. The smallest absolute Gasteiger partial charge is 0.266 e. The average molecular weight is 468 g/mol. The van der Waals surface area contributed by atoms with Gasteiger partial charge in [-0.1, -0.05) is 78.6 Å². The number of aromatic nitrogens is 1. The zero-order chi connectivity index (χ0) is 21.8. The summed E-state index contributed by atoms with van der Waals surface area (Å²) in [7, 11) is 0. The van der Waals surface area contributed by atoms with Crippen molar-refractivity contribution < 1.29 is 9.59 Å². The second-order valence-electron chi connectivity index (χ2n) is 7.07. The van der Waals surface area contributed by atoms with Gasteiger partial charge in [-0.05, 0) is 42.2 Å². The molecule has 1 aliphatic rings. The van der Waals surface area contributed by atoms with Crippen molar-refractivity contribution >= 4 is 72.9 Å². The predicted molar refractivity (Wildman–Crippen MR) is 133 cm³/mol. The summed E-state index contributed by atoms with van der Waals surface area (Å²) in [5.41, 5.74) is 3.11. The number of thiazole rings is 1. The fourth-order valence-electron chi connectivity index (χ4n) is 3.20. The van der Waals surface area contributed by atoms with Crippen LogP contribution in [0.1, 0.15) is 30.9 Å². The topological polar surface area (TPSA) is 62.3 Å². The highest BCUT2D eigenvalue weighted by atomic mass is 32.2. The van der Waals surface area contributed by atoms with E-state index in [2.05, 4.69) is 29.4 Å². The van der Waals surface area contributed by atoms with E-state index in [1.54, 1.807) is 4.90 Å². The number of carbonyl (C=O) groups excluding carboxylic acids is 2. The number of aryl methyl sites for hydroxylation is 1. The van der Waals surface area contributed by atoms with Crippen LogP contribution in [0.4, 0.5) is 5.13 Å². The maximum atomic E-state index is 12.7. The van der Waals surface area contributed by atoms with Crippen LogP contribution in [0, 0.1) is 0 Å². The molecule has 3 aromatic rings. The number of thiocarbonyl (C=S) groups is 1. The summed E-state index contributed by atoms with van der Waals surface area (Å²) in [5, 5.41) is 3.44. The van der Waals surface area contributed by atoms with Crippen LogP contribution in [0.3, 0.4) is 0 Å². The fraction of sp³-hybridized carbons (Fsp3) is 0.217. The number of rotatable bonds is 7. The number of nitrogens with one attached hydrogen (secondary N) is 1. The van der Waals surface area contributed by atoms with Crippen LogP contribution in [0.25, 0.3) is 16.3 Å². The van der Waals surface area contributed by atoms with Gasteiger partial charge in [0.15, 0.2) is 5.13 Å². The van der Waals surface area contributed by atoms with Crippen molar-refractivity contribution in [3.05, 3.63) is 64.6 Å². The summed E-state index contributed by atoms with van der Waals surface area (Å²) in [6.45, 7) is 2.53. The SMILES string of the molecule is CCc1ccc(/C=C2/SC(=S)N(CCCC(=O)Nc3nc4ccccc4s3)C2=O)cc1. The van der Waals surface area contributed by atoms with Crippen LogP contribution in [0.5, 0.6) is 0 Å². The number of thioether (sulfide) groups is 1. The molecule has 8 heteroatoms. The molecular weight excluding hydrogens is 446 g/mol. The Kier molecular flexibility index (Phi) is 6.80. The van der Waals surface area contributed by atoms with E-state index in [9.17, 15) is 9.59 Å². The molecule has 0 unspecified atom stereocenters. The average Bonchev–Trinajstić information content (AvgIpc) is 3.29. The molecule has 1 saturated heterocycles. The van der Waals surface area contributed by atoms with Gasteiger partial charge in [0.1, 0.15) is 4.32 Å². The second kappa shape index (κ2) is 9.72. The normalized spacial score (nSPS) is 15.3. The minimum atomic E-state index is -0.115. The van der Waals surface area contributed by atoms with E-state index < -0.39 is 0 Å². The van der Waals surface area contributed by atoms with Gasteiger partial charge >= 0.3 is 0 Å². The molecule has 2 amide bonds. The Bertz CT molecular complexity index is 1140. The van der Waals surface area contributed by atoms with Gasteiger partial charge < -0.3 is 5.32 Å². The summed E-state index contributed by atoms with van der Waals surface area (Å²) in [6, 6.07) is 15.9. The molecule has 1 aromatic heterocycles. The summed E-state index contributed by atoms with van der Waals surface area (Å²) in [5.74, 6) is -0.211. The standard InChI is InChI=1S/C23H21N3O2S3/c1-2-15-9-11-16(12-10-15)14-19-21(28)26(23(29)31-19)13-5-8-20(27)25-22-24-17-6-3-4-7-18(17)30-22/h3-4,6-7,9-12,14H,2,5,8,13H2,1H3,(H,24,25,27)/b19-14+. The molecule has 4 rings (SSSR count). The Hall–Kier alpha value is -2.55. The van der Waals surface area contributed by atoms with Gasteiger partial charge in [0.2, 0.25) is 5.91 Å². The van der Waals surface area contributed by atoms with Crippen molar-refractivity contribution in [2.75, 3.05) is 11.9 Å². The maximum absolute atomic E-state index is 12.7. The molecular formula is C23H21N3O2S3. The maximum Gasteiger partial charge on any atom is 0.266 e. The molecule has 0 spiro atoms. The van der Waals surface area contributed by atoms with Gasteiger partial charge in [-0.15, -0.1) is 0 Å². The van der Waals surface area contributed by atoms with Crippen LogP contribution in [-0.2, 0) is 16.0 Å². The quantitative estimate of drug-likeness (QED) is 0.368. The van der Waals surface area contributed by atoms with Gasteiger partial charge in [0, 0.05) is 13.0 Å². The van der Waals surface area contributed by atoms with Crippen molar-refractivity contribution in [2.24, 2.45) is 0 Å². The highest BCUT2D eigenvalue weighted by molar-refractivity contribution is 8.26. The first-order valence-corrected chi connectivity index (χ1v) is 12.1. The largest absolute Gasteiger partial charge is 0.302 e. The van der Waals surface area contributed by atoms with Crippen molar-refractivity contribution in [3.8, 4) is 0 Å². The van der Waals surface area contributed by atoms with E-state index >= 15 is 0 Å². The van der Waals surface area contributed by atoms with Crippen molar-refractivity contribution in [1.29, 1.82) is 0 Å². The van der Waals surface area contributed by atoms with Crippen LogP contribution < -0.4 is 5.32 Å². The first-order chi connectivity index (χ1) is 15.0. The Balaban J connectivity index is 1.30. The number of fused-ring (bicyclic) bond motifs is 1. The Morgan fingerprint density at radius 1 is 1.19 bits per heavy atom. The number of hydrogen-bond donors (Lipinski definition) is 1. The van der Waals surface area contributed by atoms with Crippen LogP contribution in [0.2, 0.25) is 0 Å². The fourth-order valence-corrected chi connectivity index (χ4v) is 5.39. The lowest BCUT2D eigenvalue weighted by Crippen LogP contribution is -2.29. The highest BCUT2D eigenvalue weighted by Gasteiger charge is 2.31. The lowest BCUT2D eigenvalue weighted by Gasteiger charge is -2.13. The molecule has 5 nitrogen and oxygen atoms in total. The number of benzene rings is 2. The molecule has 31 heavy (non-hydrogen) atoms. The molecule has 0 atom stereocenters. The minimum Gasteiger partial charge on any atom is -0.302 e. The Morgan fingerprint density at radius 3 is 2.71 bits per heavy atom. The number of carbonyl (C=O) groups is 2. The van der Waals surface area contributed by atoms with E-state index in [-0.39, 0.29) is 11.8 Å². The summed E-state index contributed by atoms with van der Waals surface area (Å²) in [6.07, 6.45) is 3.68. The van der Waals surface area contributed by atoms with Crippen LogP contribution >= 0.6 is 35.3 Å². The molecule has 2 heterocycles. The molecule has 0 bridgehead atoms. The van der Waals surface area contributed by atoms with Gasteiger partial charge in [-0.25, -0.2) is 4.98 Å². The third kappa shape index (κ3) is 5.20. The lowest BCUT2D eigenvalue weighted by molar-refractivity contribution is -0.122. The summed E-state index contributed by atoms with van der Waals surface area (Å²) >= 11 is 8.15. The number of anilines is 1. The summed E-state index contributed by atoms with van der Waals surface area (Å²) < 4.78 is 1.57. The zero-order valence-electron chi connectivity index (χ0n) is 17.0. The molecule has 0 saturated carbocycles. The molecule has 0 aliphatic carbocycles. The third-order valence-electron chi connectivity index (χ3n) is 4.89. The first-order valence-electron chi connectivity index (χ1n) is 10.0. The number of para-hydroxylation sites is 1. The van der Waals surface area contributed by atoms with Gasteiger partial charge in [0.05, 0.1) is 15.1 Å². The third-order valence-corrected chi connectivity index (χ3v) is 7.21. The van der Waals surface area contributed by atoms with Crippen LogP contribution in [0.15, 0.2) is 53.4 Å². The molecule has 1 aliphatic heterocycles. The molecule has 0 radical (unpaired) electrons. The zero-order valence-corrected chi connectivity index (χ0v) is 19.4. The van der Waals surface area contributed by atoms with Crippen molar-refractivity contribution in [3.63, 3.8) is 0 Å². The van der Waals surface area contributed by atoms with Crippen molar-refractivity contribution in [1.82, 2.24) is 9.88 Å². The molecule has 158 valence electrons. The minimum absolute atomic E-state index is 0.0962. The van der Waals surface area contributed by atoms with Gasteiger partial charge in [0.25, 0.3) is 5.91 Å². The lowest BCUT2D eigenvalue weighted by atomic mass is 10.1. The van der Waals surface area contributed by atoms with E-state index in [0.29, 0.717) is 33.7 Å². The predicted octanol–water partition coefficient (Wildman–Crippen LogP) is 5.48. The van der Waals surface area contributed by atoms with Gasteiger partial charge in [-0.2, -0.15) is 0 Å².